The first kappa shape index (κ1) is 13.6. The largest absolute Gasteiger partial charge is 0.324 e. The maximum Gasteiger partial charge on any atom is 0.137 e. The Hall–Kier alpha value is -0.840. The summed E-state index contributed by atoms with van der Waals surface area (Å²) in [5.74, 6) is -0.227. The summed E-state index contributed by atoms with van der Waals surface area (Å²) in [6.45, 7) is 1.84. The first-order valence-electron chi connectivity index (χ1n) is 5.54. The van der Waals surface area contributed by atoms with Gasteiger partial charge in [0.1, 0.15) is 5.82 Å². The van der Waals surface area contributed by atoms with Gasteiger partial charge < -0.3 is 5.73 Å². The molecule has 0 saturated carbocycles. The van der Waals surface area contributed by atoms with Crippen LogP contribution in [0.2, 0.25) is 0 Å². The average molecular weight is 326 g/mol. The van der Waals surface area contributed by atoms with Gasteiger partial charge in [-0.3, -0.25) is 0 Å². The molecule has 1 nitrogen and oxygen atoms in total. The third-order valence-corrected chi connectivity index (χ3v) is 4.04. The van der Waals surface area contributed by atoms with E-state index in [9.17, 15) is 4.39 Å². The molecule has 0 radical (unpaired) electrons. The van der Waals surface area contributed by atoms with Crippen LogP contribution >= 0.6 is 27.7 Å². The van der Waals surface area contributed by atoms with Crippen LogP contribution in [0.3, 0.4) is 0 Å². The lowest BCUT2D eigenvalue weighted by molar-refractivity contribution is 0.596. The van der Waals surface area contributed by atoms with E-state index in [0.717, 1.165) is 14.9 Å². The fraction of sp³-hybridized carbons (Fsp3) is 0.143. The average Bonchev–Trinajstić information content (AvgIpc) is 2.31. The van der Waals surface area contributed by atoms with Gasteiger partial charge in [0.25, 0.3) is 0 Å². The van der Waals surface area contributed by atoms with E-state index in [1.165, 1.54) is 17.8 Å². The normalized spacial score (nSPS) is 12.4. The Labute approximate surface area is 119 Å². The molecule has 0 spiro atoms. The van der Waals surface area contributed by atoms with E-state index in [2.05, 4.69) is 15.9 Å². The number of hydrogen-bond acceptors (Lipinski definition) is 2. The van der Waals surface area contributed by atoms with Crippen molar-refractivity contribution in [3.05, 3.63) is 58.3 Å². The summed E-state index contributed by atoms with van der Waals surface area (Å²) < 4.78 is 14.9. The fourth-order valence-corrected chi connectivity index (χ4v) is 2.97. The molecule has 0 aliphatic rings. The molecule has 4 heteroatoms. The van der Waals surface area contributed by atoms with Crippen LogP contribution < -0.4 is 5.73 Å². The lowest BCUT2D eigenvalue weighted by Crippen LogP contribution is -2.05. The van der Waals surface area contributed by atoms with Crippen molar-refractivity contribution in [3.8, 4) is 0 Å². The molecule has 0 amide bonds. The van der Waals surface area contributed by atoms with Gasteiger partial charge in [0, 0.05) is 20.3 Å². The first-order chi connectivity index (χ1) is 8.56. The van der Waals surface area contributed by atoms with Gasteiger partial charge in [-0.25, -0.2) is 4.39 Å². The zero-order chi connectivity index (χ0) is 13.1. The van der Waals surface area contributed by atoms with Crippen molar-refractivity contribution < 1.29 is 4.39 Å². The predicted octanol–water partition coefficient (Wildman–Crippen LogP) is 4.76. The van der Waals surface area contributed by atoms with Gasteiger partial charge in [-0.15, -0.1) is 0 Å². The van der Waals surface area contributed by atoms with E-state index in [-0.39, 0.29) is 11.9 Å². The van der Waals surface area contributed by atoms with E-state index in [0.29, 0.717) is 4.90 Å². The molecule has 2 aromatic carbocycles. The highest BCUT2D eigenvalue weighted by molar-refractivity contribution is 9.10. The Bertz CT molecular complexity index is 557. The zero-order valence-corrected chi connectivity index (χ0v) is 12.3. The molecule has 2 N–H and O–H groups in total. The monoisotopic (exact) mass is 325 g/mol. The van der Waals surface area contributed by atoms with Gasteiger partial charge in [-0.2, -0.15) is 0 Å². The second-order valence-corrected chi connectivity index (χ2v) is 6.07. The van der Waals surface area contributed by atoms with Crippen molar-refractivity contribution in [2.45, 2.75) is 22.8 Å². The Kier molecular flexibility index (Phi) is 4.43. The Morgan fingerprint density at radius 1 is 1.22 bits per heavy atom. The summed E-state index contributed by atoms with van der Waals surface area (Å²) in [6, 6.07) is 12.8. The maximum atomic E-state index is 13.9. The van der Waals surface area contributed by atoms with Crippen molar-refractivity contribution in [1.29, 1.82) is 0 Å². The Morgan fingerprint density at radius 3 is 2.61 bits per heavy atom. The van der Waals surface area contributed by atoms with Gasteiger partial charge in [0.15, 0.2) is 0 Å². The van der Waals surface area contributed by atoms with Crippen LogP contribution in [0.5, 0.6) is 0 Å². The van der Waals surface area contributed by atoms with Crippen LogP contribution in [0.15, 0.2) is 56.7 Å². The topological polar surface area (TPSA) is 26.0 Å². The summed E-state index contributed by atoms with van der Waals surface area (Å²) >= 11 is 4.80. The molecule has 0 heterocycles. The van der Waals surface area contributed by atoms with E-state index in [4.69, 9.17) is 5.73 Å². The van der Waals surface area contributed by atoms with Crippen molar-refractivity contribution in [2.24, 2.45) is 5.73 Å². The zero-order valence-electron chi connectivity index (χ0n) is 9.86. The smallest absolute Gasteiger partial charge is 0.137 e. The molecular formula is C14H13BrFNS. The van der Waals surface area contributed by atoms with Gasteiger partial charge in [-0.05, 0) is 42.8 Å². The second kappa shape index (κ2) is 5.87. The van der Waals surface area contributed by atoms with Gasteiger partial charge in [0.2, 0.25) is 0 Å². The van der Waals surface area contributed by atoms with Gasteiger partial charge in [0.05, 0.1) is 0 Å². The lowest BCUT2D eigenvalue weighted by atomic mass is 10.1. The summed E-state index contributed by atoms with van der Waals surface area (Å²) in [7, 11) is 0. The molecule has 2 aromatic rings. The first-order valence-corrected chi connectivity index (χ1v) is 7.15. The minimum absolute atomic E-state index is 0.149. The highest BCUT2D eigenvalue weighted by Crippen LogP contribution is 2.32. The molecule has 0 saturated heterocycles. The highest BCUT2D eigenvalue weighted by Gasteiger charge is 2.07. The van der Waals surface area contributed by atoms with Crippen molar-refractivity contribution in [1.82, 2.24) is 0 Å². The van der Waals surface area contributed by atoms with Crippen LogP contribution in [0.1, 0.15) is 18.5 Å². The minimum atomic E-state index is -0.227. The van der Waals surface area contributed by atoms with Crippen molar-refractivity contribution in [2.75, 3.05) is 0 Å². The van der Waals surface area contributed by atoms with E-state index in [1.54, 1.807) is 6.07 Å². The molecule has 0 aliphatic carbocycles. The van der Waals surface area contributed by atoms with Gasteiger partial charge >= 0.3 is 0 Å². The third-order valence-electron chi connectivity index (χ3n) is 2.51. The molecule has 2 rings (SSSR count). The van der Waals surface area contributed by atoms with E-state index in [1.807, 2.05) is 37.3 Å². The molecule has 94 valence electrons. The van der Waals surface area contributed by atoms with Crippen LogP contribution in [-0.4, -0.2) is 0 Å². The molecule has 0 fully saturated rings. The summed E-state index contributed by atoms with van der Waals surface area (Å²) in [6.07, 6.45) is 0. The number of hydrogen-bond donors (Lipinski definition) is 1. The lowest BCUT2D eigenvalue weighted by Gasteiger charge is -2.08. The van der Waals surface area contributed by atoms with Crippen LogP contribution in [0.4, 0.5) is 4.39 Å². The quantitative estimate of drug-likeness (QED) is 0.880. The summed E-state index contributed by atoms with van der Waals surface area (Å²) in [4.78, 5) is 1.61. The van der Waals surface area contributed by atoms with Crippen LogP contribution in [-0.2, 0) is 0 Å². The van der Waals surface area contributed by atoms with E-state index < -0.39 is 0 Å². The van der Waals surface area contributed by atoms with Crippen molar-refractivity contribution >= 4 is 27.7 Å². The van der Waals surface area contributed by atoms with Crippen LogP contribution in [0, 0.1) is 5.82 Å². The minimum Gasteiger partial charge on any atom is -0.324 e. The Balaban J connectivity index is 2.24. The van der Waals surface area contributed by atoms with Crippen molar-refractivity contribution in [3.63, 3.8) is 0 Å². The summed E-state index contributed by atoms with van der Waals surface area (Å²) in [5.41, 5.74) is 6.54. The number of benzene rings is 2. The summed E-state index contributed by atoms with van der Waals surface area (Å²) in [5, 5.41) is 0. The maximum absolute atomic E-state index is 13.9. The molecule has 0 bridgehead atoms. The van der Waals surface area contributed by atoms with Gasteiger partial charge in [-0.1, -0.05) is 39.8 Å². The fourth-order valence-electron chi connectivity index (χ4n) is 1.54. The number of nitrogens with two attached hydrogens (primary N) is 1. The highest BCUT2D eigenvalue weighted by atomic mass is 79.9. The molecule has 0 aliphatic heterocycles. The molecule has 1 unspecified atom stereocenters. The second-order valence-electron chi connectivity index (χ2n) is 4.04. The molecule has 1 atom stereocenters. The SMILES string of the molecule is CC(N)c1ccc(Sc2cccc(Br)c2)c(F)c1. The van der Waals surface area contributed by atoms with E-state index >= 15 is 0 Å². The standard InChI is InChI=1S/C14H13BrFNS/c1-9(17)10-5-6-14(13(16)7-10)18-12-4-2-3-11(15)8-12/h2-9H,17H2,1H3. The molecule has 18 heavy (non-hydrogen) atoms. The predicted molar refractivity (Wildman–Crippen MR) is 77.3 cm³/mol. The molecule has 0 aromatic heterocycles. The molecular weight excluding hydrogens is 313 g/mol. The number of rotatable bonds is 3. The Morgan fingerprint density at radius 2 is 2.00 bits per heavy atom. The third kappa shape index (κ3) is 3.34. The van der Waals surface area contributed by atoms with Crippen LogP contribution in [0.25, 0.3) is 0 Å². The number of halogens is 2.